The Morgan fingerprint density at radius 3 is 2.79 bits per heavy atom. The van der Waals surface area contributed by atoms with E-state index in [1.54, 1.807) is 0 Å². The van der Waals surface area contributed by atoms with Crippen LogP contribution in [0.25, 0.3) is 0 Å². The average Bonchev–Trinajstić information content (AvgIpc) is 3.39. The molecule has 1 saturated heterocycles. The zero-order chi connectivity index (χ0) is 18.3. The van der Waals surface area contributed by atoms with Gasteiger partial charge in [-0.25, -0.2) is 0 Å². The maximum atomic E-state index is 6.04. The van der Waals surface area contributed by atoms with Crippen molar-refractivity contribution in [3.63, 3.8) is 0 Å². The van der Waals surface area contributed by atoms with Crippen LogP contribution in [-0.4, -0.2) is 38.4 Å². The third-order valence-corrected chi connectivity index (χ3v) is 7.14. The molecule has 0 amide bonds. The molecule has 0 aromatic heterocycles. The molecule has 5 rings (SSSR count). The first-order chi connectivity index (χ1) is 13.3. The third kappa shape index (κ3) is 3.62. The molecule has 0 radical (unpaired) electrons. The lowest BCUT2D eigenvalue weighted by atomic mass is 9.46. The van der Waals surface area contributed by atoms with Gasteiger partial charge in [0.25, 0.3) is 0 Å². The van der Waals surface area contributed by atoms with Gasteiger partial charge in [0.05, 0.1) is 12.7 Å². The van der Waals surface area contributed by atoms with Crippen LogP contribution in [0.2, 0.25) is 0 Å². The second-order valence-electron chi connectivity index (χ2n) is 8.74. The molecule has 28 heavy (non-hydrogen) atoms. The fraction of sp³-hybridized carbons (Fsp3) is 0.682. The van der Waals surface area contributed by atoms with Gasteiger partial charge in [-0.2, -0.15) is 0 Å². The van der Waals surface area contributed by atoms with Crippen LogP contribution in [-0.2, 0) is 11.3 Å². The van der Waals surface area contributed by atoms with Crippen LogP contribution in [0.15, 0.2) is 29.3 Å². The van der Waals surface area contributed by atoms with E-state index >= 15 is 0 Å². The van der Waals surface area contributed by atoms with E-state index in [-0.39, 0.29) is 24.0 Å². The third-order valence-electron chi connectivity index (χ3n) is 7.14. The van der Waals surface area contributed by atoms with Gasteiger partial charge in [-0.1, -0.05) is 24.6 Å². The quantitative estimate of drug-likeness (QED) is 0.358. The minimum Gasteiger partial charge on any atom is -0.493 e. The zero-order valence-corrected chi connectivity index (χ0v) is 19.0. The van der Waals surface area contributed by atoms with Crippen molar-refractivity contribution in [3.05, 3.63) is 29.8 Å². The van der Waals surface area contributed by atoms with Gasteiger partial charge in [-0.05, 0) is 44.1 Å². The monoisotopic (exact) mass is 497 g/mol. The molecule has 3 atom stereocenters. The van der Waals surface area contributed by atoms with Gasteiger partial charge in [0, 0.05) is 43.1 Å². The van der Waals surface area contributed by atoms with Crippen molar-refractivity contribution in [1.29, 1.82) is 0 Å². The molecule has 3 saturated carbocycles. The lowest BCUT2D eigenvalue weighted by Gasteiger charge is -2.63. The molecule has 3 unspecified atom stereocenters. The minimum atomic E-state index is 0. The molecule has 6 heteroatoms. The number of fused-ring (bicyclic) bond motifs is 2. The van der Waals surface area contributed by atoms with E-state index in [1.807, 2.05) is 13.1 Å². The molecular weight excluding hydrogens is 465 g/mol. The summed E-state index contributed by atoms with van der Waals surface area (Å²) in [6.07, 6.45) is 8.21. The van der Waals surface area contributed by atoms with Gasteiger partial charge < -0.3 is 20.1 Å². The Labute approximate surface area is 185 Å². The predicted octanol–water partition coefficient (Wildman–Crippen LogP) is 3.72. The van der Waals surface area contributed by atoms with Crippen LogP contribution in [0, 0.1) is 17.3 Å². The largest absolute Gasteiger partial charge is 0.493 e. The van der Waals surface area contributed by atoms with Crippen LogP contribution in [0.4, 0.5) is 0 Å². The Bertz CT molecular complexity index is 717. The molecule has 0 bridgehead atoms. The molecule has 154 valence electrons. The normalized spacial score (nSPS) is 29.9. The summed E-state index contributed by atoms with van der Waals surface area (Å²) < 4.78 is 12.1. The highest BCUT2D eigenvalue weighted by molar-refractivity contribution is 14.0. The van der Waals surface area contributed by atoms with Crippen molar-refractivity contribution < 1.29 is 9.47 Å². The number of halogens is 1. The summed E-state index contributed by atoms with van der Waals surface area (Å²) in [5.41, 5.74) is 1.56. The Morgan fingerprint density at radius 1 is 1.25 bits per heavy atom. The minimum absolute atomic E-state index is 0. The standard InChI is InChI=1S/C22H31N3O2.HI/c1-23-21(25-19-17-9-12-26-20(17)22(19)10-4-11-22)24-13-16-5-2-3-6-18(16)27-14-15-7-8-15;/h2-3,5-6,15,17,19-20H,4,7-14H2,1H3,(H2,23,24,25);1H. The van der Waals surface area contributed by atoms with E-state index in [0.717, 1.165) is 37.4 Å². The van der Waals surface area contributed by atoms with Crippen molar-refractivity contribution in [2.24, 2.45) is 22.2 Å². The van der Waals surface area contributed by atoms with E-state index in [4.69, 9.17) is 9.47 Å². The first-order valence-corrected chi connectivity index (χ1v) is 10.6. The molecule has 3 aliphatic carbocycles. The van der Waals surface area contributed by atoms with Crippen LogP contribution in [0.1, 0.15) is 44.1 Å². The zero-order valence-electron chi connectivity index (χ0n) is 16.7. The number of guanidine groups is 1. The molecular formula is C22H32IN3O2. The summed E-state index contributed by atoms with van der Waals surface area (Å²) in [6, 6.07) is 8.85. The number of aliphatic imine (C=N–C) groups is 1. The maximum absolute atomic E-state index is 6.04. The molecule has 1 aromatic rings. The van der Waals surface area contributed by atoms with E-state index in [9.17, 15) is 0 Å². The highest BCUT2D eigenvalue weighted by Crippen LogP contribution is 2.62. The smallest absolute Gasteiger partial charge is 0.191 e. The Morgan fingerprint density at radius 2 is 2.07 bits per heavy atom. The average molecular weight is 497 g/mol. The number of benzene rings is 1. The molecule has 2 N–H and O–H groups in total. The van der Waals surface area contributed by atoms with Gasteiger partial charge in [-0.3, -0.25) is 4.99 Å². The van der Waals surface area contributed by atoms with Gasteiger partial charge in [0.15, 0.2) is 5.96 Å². The van der Waals surface area contributed by atoms with Crippen LogP contribution in [0.5, 0.6) is 5.75 Å². The van der Waals surface area contributed by atoms with E-state index in [1.165, 1.54) is 44.1 Å². The number of nitrogens with zero attached hydrogens (tertiary/aromatic N) is 1. The summed E-state index contributed by atoms with van der Waals surface area (Å²) in [5.74, 6) is 3.31. The second kappa shape index (κ2) is 8.38. The summed E-state index contributed by atoms with van der Waals surface area (Å²) in [6.45, 7) is 2.50. The molecule has 1 aliphatic heterocycles. The molecule has 1 aromatic carbocycles. The van der Waals surface area contributed by atoms with Gasteiger partial charge in [0.2, 0.25) is 0 Å². The van der Waals surface area contributed by atoms with E-state index in [0.29, 0.717) is 23.5 Å². The van der Waals surface area contributed by atoms with Gasteiger partial charge in [-0.15, -0.1) is 24.0 Å². The summed E-state index contributed by atoms with van der Waals surface area (Å²) >= 11 is 0. The fourth-order valence-corrected chi connectivity index (χ4v) is 5.26. The summed E-state index contributed by atoms with van der Waals surface area (Å²) in [5, 5.41) is 7.25. The first kappa shape index (κ1) is 20.3. The molecule has 1 heterocycles. The Kier molecular flexibility index (Phi) is 6.06. The van der Waals surface area contributed by atoms with E-state index in [2.05, 4.69) is 33.8 Å². The van der Waals surface area contributed by atoms with Crippen molar-refractivity contribution in [2.75, 3.05) is 20.3 Å². The highest BCUT2D eigenvalue weighted by atomic mass is 127. The Balaban J connectivity index is 0.00000192. The topological polar surface area (TPSA) is 54.9 Å². The number of hydrogen-bond acceptors (Lipinski definition) is 3. The van der Waals surface area contributed by atoms with Gasteiger partial charge >= 0.3 is 0 Å². The lowest BCUT2D eigenvalue weighted by molar-refractivity contribution is -0.171. The first-order valence-electron chi connectivity index (χ1n) is 10.6. The number of hydrogen-bond donors (Lipinski definition) is 2. The lowest BCUT2D eigenvalue weighted by Crippen LogP contribution is -2.72. The number of nitrogens with one attached hydrogen (secondary N) is 2. The predicted molar refractivity (Wildman–Crippen MR) is 121 cm³/mol. The maximum Gasteiger partial charge on any atom is 0.191 e. The SMILES string of the molecule is CN=C(NCc1ccccc1OCC1CC1)NC1C2CCOC2C12CCC2.I. The molecule has 4 fully saturated rings. The van der Waals surface area contributed by atoms with Crippen LogP contribution >= 0.6 is 24.0 Å². The van der Waals surface area contributed by atoms with Gasteiger partial charge in [0.1, 0.15) is 5.75 Å². The Hall–Kier alpha value is -1.02. The number of rotatable bonds is 6. The molecule has 5 nitrogen and oxygen atoms in total. The molecule has 4 aliphatic rings. The van der Waals surface area contributed by atoms with Crippen LogP contribution < -0.4 is 15.4 Å². The van der Waals surface area contributed by atoms with Crippen LogP contribution in [0.3, 0.4) is 0 Å². The van der Waals surface area contributed by atoms with Crippen molar-refractivity contribution in [3.8, 4) is 5.75 Å². The van der Waals surface area contributed by atoms with Crippen molar-refractivity contribution in [2.45, 2.75) is 57.2 Å². The summed E-state index contributed by atoms with van der Waals surface area (Å²) in [4.78, 5) is 4.49. The number of para-hydroxylation sites is 1. The number of ether oxygens (including phenoxy) is 2. The van der Waals surface area contributed by atoms with E-state index < -0.39 is 0 Å². The summed E-state index contributed by atoms with van der Waals surface area (Å²) in [7, 11) is 1.86. The fourth-order valence-electron chi connectivity index (χ4n) is 5.26. The van der Waals surface area contributed by atoms with Crippen molar-refractivity contribution in [1.82, 2.24) is 10.6 Å². The second-order valence-corrected chi connectivity index (χ2v) is 8.74. The highest BCUT2D eigenvalue weighted by Gasteiger charge is 2.66. The molecule has 1 spiro atoms. The van der Waals surface area contributed by atoms with Crippen molar-refractivity contribution >= 4 is 29.9 Å².